The number of hydrogen-bond donors (Lipinski definition) is 0. The predicted molar refractivity (Wildman–Crippen MR) is 181 cm³/mol. The molecule has 2 aliphatic heterocycles. The van der Waals surface area contributed by atoms with Gasteiger partial charge in [0.1, 0.15) is 0 Å². The summed E-state index contributed by atoms with van der Waals surface area (Å²) in [6.45, 7) is 10.1. The minimum Gasteiger partial charge on any atom is -0.490 e. The van der Waals surface area contributed by atoms with Crippen LogP contribution >= 0.6 is 0 Å². The fraction of sp³-hybridized carbons (Fsp3) is 0.658. The number of hydrogen-bond acceptors (Lipinski definition) is 5. The molecule has 0 N–H and O–H groups in total. The highest BCUT2D eigenvalue weighted by atomic mass is 19.4. The maximum atomic E-state index is 13.9. The van der Waals surface area contributed by atoms with Crippen LogP contribution in [-0.2, 0) is 29.0 Å². The molecule has 0 bridgehead atoms. The van der Waals surface area contributed by atoms with Crippen LogP contribution in [0.2, 0.25) is 0 Å². The van der Waals surface area contributed by atoms with Crippen LogP contribution in [0.25, 0.3) is 0 Å². The number of carbonyl (C=O) groups excluding carboxylic acids is 1. The smallest absolute Gasteiger partial charge is 0.416 e. The van der Waals surface area contributed by atoms with Crippen molar-refractivity contribution in [1.29, 1.82) is 0 Å². The minimum atomic E-state index is -4.98. The second-order valence-electron chi connectivity index (χ2n) is 14.1. The van der Waals surface area contributed by atoms with Crippen molar-refractivity contribution in [3.05, 3.63) is 58.7 Å². The average Bonchev–Trinajstić information content (AvgIpc) is 3.32. The second-order valence-corrected chi connectivity index (χ2v) is 14.1. The molecule has 0 spiro atoms. The van der Waals surface area contributed by atoms with Crippen molar-refractivity contribution in [3.63, 3.8) is 0 Å². The zero-order valence-corrected chi connectivity index (χ0v) is 29.3. The molecule has 1 saturated carbocycles. The SMILES string of the molecule is CCOc1ccc([C@@]2(CCN3CCN(C4CCCCC4)CC3)CCCCN(C(=O)Cc3cc(C(F)(F)F)cc(C(F)(F)F)c3)C2)cc1OCC. The largest absolute Gasteiger partial charge is 0.490 e. The van der Waals surface area contributed by atoms with Gasteiger partial charge >= 0.3 is 12.4 Å². The number of benzene rings is 2. The van der Waals surface area contributed by atoms with Crippen molar-refractivity contribution in [3.8, 4) is 11.5 Å². The Morgan fingerprint density at radius 2 is 1.42 bits per heavy atom. The normalized spacial score (nSPS) is 22.0. The molecule has 2 aromatic rings. The number of piperazine rings is 1. The van der Waals surface area contributed by atoms with E-state index in [9.17, 15) is 31.1 Å². The van der Waals surface area contributed by atoms with Crippen molar-refractivity contribution in [2.75, 3.05) is 59.0 Å². The van der Waals surface area contributed by atoms with E-state index in [-0.39, 0.29) is 11.6 Å². The monoisotopic (exact) mass is 711 g/mol. The number of likely N-dealkylation sites (tertiary alicyclic amines) is 1. The van der Waals surface area contributed by atoms with Gasteiger partial charge in [0, 0.05) is 50.7 Å². The van der Waals surface area contributed by atoms with Crippen LogP contribution in [0.5, 0.6) is 11.5 Å². The molecule has 1 atom stereocenters. The Morgan fingerprint density at radius 3 is 2.04 bits per heavy atom. The molecule has 5 rings (SSSR count). The lowest BCUT2D eigenvalue weighted by atomic mass is 9.73. The molecular weight excluding hydrogens is 660 g/mol. The van der Waals surface area contributed by atoms with Gasteiger partial charge in [-0.3, -0.25) is 9.69 Å². The van der Waals surface area contributed by atoms with Crippen LogP contribution in [0.15, 0.2) is 36.4 Å². The van der Waals surface area contributed by atoms with E-state index in [1.54, 1.807) is 4.90 Å². The van der Waals surface area contributed by atoms with E-state index in [4.69, 9.17) is 9.47 Å². The number of carbonyl (C=O) groups is 1. The summed E-state index contributed by atoms with van der Waals surface area (Å²) in [4.78, 5) is 20.6. The van der Waals surface area contributed by atoms with E-state index in [2.05, 4.69) is 9.80 Å². The zero-order chi connectivity index (χ0) is 35.9. The van der Waals surface area contributed by atoms with Gasteiger partial charge in [0.25, 0.3) is 0 Å². The number of rotatable bonds is 11. The summed E-state index contributed by atoms with van der Waals surface area (Å²) in [5.41, 5.74) is -2.65. The van der Waals surface area contributed by atoms with Crippen LogP contribution in [0.4, 0.5) is 26.3 Å². The highest BCUT2D eigenvalue weighted by molar-refractivity contribution is 5.79. The Hall–Kier alpha value is -2.99. The minimum absolute atomic E-state index is 0.0990. The van der Waals surface area contributed by atoms with Gasteiger partial charge in [-0.05, 0) is 94.0 Å². The van der Waals surface area contributed by atoms with Gasteiger partial charge in [-0.1, -0.05) is 31.7 Å². The topological polar surface area (TPSA) is 45.2 Å². The molecule has 50 heavy (non-hydrogen) atoms. The molecular formula is C38H51F6N3O3. The third-order valence-corrected chi connectivity index (χ3v) is 10.7. The van der Waals surface area contributed by atoms with E-state index < -0.39 is 41.2 Å². The number of halogens is 6. The molecule has 6 nitrogen and oxygen atoms in total. The first-order valence-electron chi connectivity index (χ1n) is 18.2. The van der Waals surface area contributed by atoms with Crippen molar-refractivity contribution in [1.82, 2.24) is 14.7 Å². The average molecular weight is 712 g/mol. The molecule has 0 radical (unpaired) electrons. The number of alkyl halides is 6. The summed E-state index contributed by atoms with van der Waals surface area (Å²) in [5, 5.41) is 0. The molecule has 1 amide bonds. The van der Waals surface area contributed by atoms with E-state index in [1.165, 1.54) is 32.1 Å². The molecule has 3 aliphatic rings. The van der Waals surface area contributed by atoms with Crippen molar-refractivity contribution in [2.45, 2.75) is 102 Å². The van der Waals surface area contributed by atoms with Gasteiger partial charge < -0.3 is 19.3 Å². The van der Waals surface area contributed by atoms with Gasteiger partial charge in [-0.2, -0.15) is 26.3 Å². The van der Waals surface area contributed by atoms with E-state index in [0.717, 1.165) is 57.5 Å². The molecule has 3 fully saturated rings. The number of ether oxygens (including phenoxy) is 2. The van der Waals surface area contributed by atoms with E-state index >= 15 is 0 Å². The summed E-state index contributed by atoms with van der Waals surface area (Å²) < 4.78 is 93.4. The fourth-order valence-corrected chi connectivity index (χ4v) is 8.05. The Morgan fingerprint density at radius 1 is 0.780 bits per heavy atom. The molecule has 2 heterocycles. The van der Waals surface area contributed by atoms with E-state index in [0.29, 0.717) is 62.4 Å². The van der Waals surface area contributed by atoms with Crippen LogP contribution < -0.4 is 9.47 Å². The maximum Gasteiger partial charge on any atom is 0.416 e. The van der Waals surface area contributed by atoms with Gasteiger partial charge in [0.2, 0.25) is 5.91 Å². The zero-order valence-electron chi connectivity index (χ0n) is 29.3. The van der Waals surface area contributed by atoms with Crippen molar-refractivity contribution in [2.24, 2.45) is 0 Å². The molecule has 2 saturated heterocycles. The Labute approximate surface area is 292 Å². The first-order chi connectivity index (χ1) is 23.8. The lowest BCUT2D eigenvalue weighted by Crippen LogP contribution is -2.52. The third kappa shape index (κ3) is 9.66. The maximum absolute atomic E-state index is 13.9. The number of amides is 1. The van der Waals surface area contributed by atoms with Crippen LogP contribution in [-0.4, -0.2) is 85.7 Å². The molecule has 0 aromatic heterocycles. The fourth-order valence-electron chi connectivity index (χ4n) is 8.05. The quantitative estimate of drug-likeness (QED) is 0.220. The molecule has 12 heteroatoms. The van der Waals surface area contributed by atoms with Crippen LogP contribution in [0.3, 0.4) is 0 Å². The Bertz CT molecular complexity index is 1390. The molecule has 0 unspecified atom stereocenters. The van der Waals surface area contributed by atoms with Crippen molar-refractivity contribution >= 4 is 5.91 Å². The Balaban J connectivity index is 1.40. The Kier molecular flexibility index (Phi) is 12.7. The van der Waals surface area contributed by atoms with Gasteiger partial charge in [0.15, 0.2) is 11.5 Å². The van der Waals surface area contributed by atoms with Gasteiger partial charge in [0.05, 0.1) is 30.8 Å². The lowest BCUT2D eigenvalue weighted by Gasteiger charge is -2.43. The first kappa shape index (κ1) is 38.2. The highest BCUT2D eigenvalue weighted by Gasteiger charge is 2.40. The molecule has 2 aromatic carbocycles. The van der Waals surface area contributed by atoms with Gasteiger partial charge in [-0.15, -0.1) is 0 Å². The molecule has 1 aliphatic carbocycles. The first-order valence-corrected chi connectivity index (χ1v) is 18.2. The number of nitrogens with zero attached hydrogens (tertiary/aromatic N) is 3. The van der Waals surface area contributed by atoms with Crippen LogP contribution in [0, 0.1) is 0 Å². The van der Waals surface area contributed by atoms with Crippen molar-refractivity contribution < 1.29 is 40.6 Å². The molecule has 278 valence electrons. The van der Waals surface area contributed by atoms with Crippen LogP contribution in [0.1, 0.15) is 93.9 Å². The second kappa shape index (κ2) is 16.6. The summed E-state index contributed by atoms with van der Waals surface area (Å²) in [6.07, 6.45) is -1.05. The standard InChI is InChI=1S/C38H51F6N3O3/c1-3-49-33-13-12-29(26-34(33)50-4-2)36(15-17-45-18-20-46(21-19-45)32-10-6-5-7-11-32)14-8-9-16-47(27-36)35(48)24-28-22-30(37(39,40)41)25-31(23-28)38(42,43)44/h12-13,22-23,25-26,32H,3-11,14-21,24,27H2,1-2H3/t36-/m1/s1. The lowest BCUT2D eigenvalue weighted by molar-refractivity contribution is -0.143. The van der Waals surface area contributed by atoms with E-state index in [1.807, 2.05) is 32.0 Å². The summed E-state index contributed by atoms with van der Waals surface area (Å²) in [6, 6.07) is 7.99. The summed E-state index contributed by atoms with van der Waals surface area (Å²) >= 11 is 0. The third-order valence-electron chi connectivity index (χ3n) is 10.7. The van der Waals surface area contributed by atoms with Gasteiger partial charge in [-0.25, -0.2) is 0 Å². The summed E-state index contributed by atoms with van der Waals surface area (Å²) in [7, 11) is 0. The summed E-state index contributed by atoms with van der Waals surface area (Å²) in [5.74, 6) is 0.748. The highest BCUT2D eigenvalue weighted by Crippen LogP contribution is 2.42. The predicted octanol–water partition coefficient (Wildman–Crippen LogP) is 8.36.